The third-order valence-electron chi connectivity index (χ3n) is 6.29. The van der Waals surface area contributed by atoms with E-state index in [1.807, 2.05) is 17.2 Å². The average Bonchev–Trinajstić information content (AvgIpc) is 3.33. The van der Waals surface area contributed by atoms with Crippen LogP contribution in [0.4, 0.5) is 5.82 Å². The molecule has 0 aromatic carbocycles. The molecule has 5 rings (SSSR count). The molecule has 2 saturated carbocycles. The third-order valence-corrected chi connectivity index (χ3v) is 6.29. The van der Waals surface area contributed by atoms with Crippen molar-refractivity contribution in [1.82, 2.24) is 19.9 Å². The van der Waals surface area contributed by atoms with Gasteiger partial charge in [-0.3, -0.25) is 9.79 Å². The van der Waals surface area contributed by atoms with Gasteiger partial charge in [-0.05, 0) is 31.7 Å². The van der Waals surface area contributed by atoms with Crippen molar-refractivity contribution < 1.29 is 4.79 Å². The van der Waals surface area contributed by atoms with Crippen LogP contribution in [-0.2, 0) is 4.79 Å². The third kappa shape index (κ3) is 2.83. The number of aliphatic imine (C=N–C) groups is 1. The number of aromatic nitrogens is 3. The number of hydrogen-bond acceptors (Lipinski definition) is 6. The van der Waals surface area contributed by atoms with Crippen molar-refractivity contribution in [3.8, 4) is 0 Å². The zero-order chi connectivity index (χ0) is 19.3. The number of anilines is 1. The fourth-order valence-corrected chi connectivity index (χ4v) is 4.45. The molecular formula is C20H25N7O. The van der Waals surface area contributed by atoms with E-state index in [9.17, 15) is 4.79 Å². The SMILES string of the molecule is CN(c1ncnc2[nH]ccc12)C1CC2(C1)CN(C(=O)C(C=NC1CC1)=CN)C2. The number of nitrogens with one attached hydrogen (secondary N) is 1. The molecule has 0 atom stereocenters. The monoisotopic (exact) mass is 379 g/mol. The van der Waals surface area contributed by atoms with Crippen LogP contribution in [0.25, 0.3) is 11.0 Å². The molecule has 146 valence electrons. The molecule has 3 N–H and O–H groups in total. The summed E-state index contributed by atoms with van der Waals surface area (Å²) in [5.41, 5.74) is 7.26. The van der Waals surface area contributed by atoms with Crippen LogP contribution in [0.15, 0.2) is 35.4 Å². The summed E-state index contributed by atoms with van der Waals surface area (Å²) in [6, 6.07) is 2.84. The maximum absolute atomic E-state index is 12.6. The van der Waals surface area contributed by atoms with E-state index in [0.717, 1.165) is 55.6 Å². The molecule has 1 saturated heterocycles. The molecule has 3 aliphatic rings. The first-order chi connectivity index (χ1) is 13.6. The Morgan fingerprint density at radius 2 is 2.18 bits per heavy atom. The molecule has 0 radical (unpaired) electrons. The minimum absolute atomic E-state index is 0.000777. The summed E-state index contributed by atoms with van der Waals surface area (Å²) in [5.74, 6) is 0.960. The summed E-state index contributed by atoms with van der Waals surface area (Å²) in [5, 5.41) is 1.05. The minimum atomic E-state index is -0.000777. The van der Waals surface area contributed by atoms with Gasteiger partial charge < -0.3 is 20.5 Å². The van der Waals surface area contributed by atoms with Gasteiger partial charge in [-0.2, -0.15) is 0 Å². The van der Waals surface area contributed by atoms with Gasteiger partial charge in [0.05, 0.1) is 17.0 Å². The summed E-state index contributed by atoms with van der Waals surface area (Å²) in [7, 11) is 2.09. The highest BCUT2D eigenvalue weighted by Crippen LogP contribution is 2.51. The van der Waals surface area contributed by atoms with Crippen LogP contribution in [0.2, 0.25) is 0 Å². The fourth-order valence-electron chi connectivity index (χ4n) is 4.45. The van der Waals surface area contributed by atoms with E-state index in [4.69, 9.17) is 5.73 Å². The highest BCUT2D eigenvalue weighted by atomic mass is 16.2. The Labute approximate surface area is 163 Å². The lowest BCUT2D eigenvalue weighted by molar-refractivity contribution is -0.146. The molecule has 3 heterocycles. The van der Waals surface area contributed by atoms with Gasteiger partial charge in [-0.15, -0.1) is 0 Å². The Morgan fingerprint density at radius 3 is 2.89 bits per heavy atom. The van der Waals surface area contributed by atoms with Gasteiger partial charge >= 0.3 is 0 Å². The predicted molar refractivity (Wildman–Crippen MR) is 108 cm³/mol. The molecule has 1 spiro atoms. The van der Waals surface area contributed by atoms with Gasteiger partial charge in [0.15, 0.2) is 0 Å². The molecule has 8 nitrogen and oxygen atoms in total. The zero-order valence-corrected chi connectivity index (χ0v) is 16.0. The lowest BCUT2D eigenvalue weighted by Crippen LogP contribution is -2.67. The first kappa shape index (κ1) is 17.2. The maximum atomic E-state index is 12.6. The predicted octanol–water partition coefficient (Wildman–Crippen LogP) is 1.46. The molecule has 2 aliphatic carbocycles. The average molecular weight is 379 g/mol. The Morgan fingerprint density at radius 1 is 1.39 bits per heavy atom. The van der Waals surface area contributed by atoms with Crippen molar-refractivity contribution in [2.24, 2.45) is 16.1 Å². The summed E-state index contributed by atoms with van der Waals surface area (Å²) in [4.78, 5) is 33.0. The molecule has 28 heavy (non-hydrogen) atoms. The lowest BCUT2D eigenvalue weighted by atomic mass is 9.60. The van der Waals surface area contributed by atoms with Crippen molar-refractivity contribution in [3.63, 3.8) is 0 Å². The summed E-state index contributed by atoms with van der Waals surface area (Å²) in [6.07, 6.45) is 10.9. The van der Waals surface area contributed by atoms with Crippen molar-refractivity contribution in [1.29, 1.82) is 0 Å². The van der Waals surface area contributed by atoms with E-state index < -0.39 is 0 Å². The van der Waals surface area contributed by atoms with Crippen LogP contribution in [-0.4, -0.2) is 64.2 Å². The molecule has 8 heteroatoms. The number of amides is 1. The number of rotatable bonds is 5. The van der Waals surface area contributed by atoms with Crippen LogP contribution in [0.5, 0.6) is 0 Å². The van der Waals surface area contributed by atoms with Crippen LogP contribution < -0.4 is 10.6 Å². The Kier molecular flexibility index (Phi) is 3.89. The van der Waals surface area contributed by atoms with Crippen molar-refractivity contribution >= 4 is 29.0 Å². The highest BCUT2D eigenvalue weighted by molar-refractivity contribution is 6.12. The topological polar surface area (TPSA) is 104 Å². The van der Waals surface area contributed by atoms with Gasteiger partial charge in [-0.25, -0.2) is 9.97 Å². The molecule has 0 bridgehead atoms. The van der Waals surface area contributed by atoms with Crippen LogP contribution >= 0.6 is 0 Å². The van der Waals surface area contributed by atoms with Gasteiger partial charge in [0.2, 0.25) is 0 Å². The number of hydrogen-bond donors (Lipinski definition) is 2. The number of carbonyl (C=O) groups excluding carboxylic acids is 1. The molecule has 1 aliphatic heterocycles. The van der Waals surface area contributed by atoms with E-state index in [1.165, 1.54) is 6.20 Å². The standard InChI is InChI=1S/C20H25N7O/c1-26(18-16-4-5-22-17(16)24-12-25-18)15-6-20(7-15)10-27(11-20)19(28)13(8-21)9-23-14-2-3-14/h4-5,8-9,12,14-15H,2-3,6-7,10-11,21H2,1H3,(H,22,24,25). The Hall–Kier alpha value is -2.90. The van der Waals surface area contributed by atoms with Crippen LogP contribution in [0.1, 0.15) is 25.7 Å². The fraction of sp³-hybridized carbons (Fsp3) is 0.500. The first-order valence-electron chi connectivity index (χ1n) is 9.84. The van der Waals surface area contributed by atoms with Crippen molar-refractivity contribution in [2.45, 2.75) is 37.8 Å². The van der Waals surface area contributed by atoms with E-state index in [-0.39, 0.29) is 11.3 Å². The van der Waals surface area contributed by atoms with Crippen molar-refractivity contribution in [3.05, 3.63) is 30.4 Å². The number of nitrogens with zero attached hydrogens (tertiary/aromatic N) is 5. The Bertz CT molecular complexity index is 960. The quantitative estimate of drug-likeness (QED) is 0.605. The number of aromatic amines is 1. The second-order valence-corrected chi connectivity index (χ2v) is 8.40. The minimum Gasteiger partial charge on any atom is -0.404 e. The molecule has 1 amide bonds. The second-order valence-electron chi connectivity index (χ2n) is 8.40. The largest absolute Gasteiger partial charge is 0.404 e. The van der Waals surface area contributed by atoms with E-state index in [1.54, 1.807) is 12.5 Å². The summed E-state index contributed by atoms with van der Waals surface area (Å²) >= 11 is 0. The number of fused-ring (bicyclic) bond motifs is 1. The molecule has 2 aromatic rings. The zero-order valence-electron chi connectivity index (χ0n) is 16.0. The normalized spacial score (nSPS) is 21.9. The number of likely N-dealkylation sites (tertiary alicyclic amines) is 1. The first-order valence-corrected chi connectivity index (χ1v) is 9.84. The summed E-state index contributed by atoms with van der Waals surface area (Å²) < 4.78 is 0. The van der Waals surface area contributed by atoms with Gasteiger partial charge in [-0.1, -0.05) is 0 Å². The number of nitrogens with two attached hydrogens (primary N) is 1. The number of carbonyl (C=O) groups is 1. The maximum Gasteiger partial charge on any atom is 0.256 e. The molecule has 2 aromatic heterocycles. The van der Waals surface area contributed by atoms with Crippen molar-refractivity contribution in [2.75, 3.05) is 25.0 Å². The van der Waals surface area contributed by atoms with E-state index in [0.29, 0.717) is 17.7 Å². The highest BCUT2D eigenvalue weighted by Gasteiger charge is 2.55. The lowest BCUT2D eigenvalue weighted by Gasteiger charge is -2.60. The Balaban J connectivity index is 1.19. The van der Waals surface area contributed by atoms with E-state index in [2.05, 4.69) is 31.9 Å². The smallest absolute Gasteiger partial charge is 0.256 e. The van der Waals surface area contributed by atoms with Crippen LogP contribution in [0, 0.1) is 5.41 Å². The molecular weight excluding hydrogens is 354 g/mol. The van der Waals surface area contributed by atoms with E-state index >= 15 is 0 Å². The number of H-pyrrole nitrogens is 1. The van der Waals surface area contributed by atoms with Gasteiger partial charge in [0.25, 0.3) is 5.91 Å². The molecule has 3 fully saturated rings. The van der Waals surface area contributed by atoms with Crippen LogP contribution in [0.3, 0.4) is 0 Å². The second kappa shape index (κ2) is 6.32. The van der Waals surface area contributed by atoms with Gasteiger partial charge in [0, 0.05) is 50.2 Å². The van der Waals surface area contributed by atoms with Gasteiger partial charge in [0.1, 0.15) is 17.8 Å². The summed E-state index contributed by atoms with van der Waals surface area (Å²) in [6.45, 7) is 1.60. The molecule has 0 unspecified atom stereocenters.